The number of amidine groups is 1. The minimum atomic E-state index is -3.09. The second-order valence-corrected chi connectivity index (χ2v) is 8.08. The van der Waals surface area contributed by atoms with E-state index in [1.165, 1.54) is 11.0 Å². The van der Waals surface area contributed by atoms with Gasteiger partial charge in [0.25, 0.3) is 5.91 Å². The largest absolute Gasteiger partial charge is 0.435 e. The number of nitrogens with zero attached hydrogens (tertiary/aromatic N) is 2. The maximum atomic E-state index is 12.8. The lowest BCUT2D eigenvalue weighted by molar-refractivity contribution is -0.154. The molecule has 2 amide bonds. The highest BCUT2D eigenvalue weighted by Crippen LogP contribution is 2.29. The molecule has 2 aromatic rings. The maximum Gasteiger partial charge on any atom is 0.387 e. The van der Waals surface area contributed by atoms with Gasteiger partial charge in [-0.25, -0.2) is 0 Å². The van der Waals surface area contributed by atoms with Crippen molar-refractivity contribution in [1.29, 1.82) is 0 Å². The van der Waals surface area contributed by atoms with Crippen molar-refractivity contribution in [2.45, 2.75) is 38.6 Å². The summed E-state index contributed by atoms with van der Waals surface area (Å²) in [7, 11) is 0. The predicted molar refractivity (Wildman–Crippen MR) is 124 cm³/mol. The number of hydrogen-bond donors (Lipinski definition) is 3. The Morgan fingerprint density at radius 1 is 1.29 bits per heavy atom. The van der Waals surface area contributed by atoms with Crippen LogP contribution in [-0.2, 0) is 21.0 Å². The van der Waals surface area contributed by atoms with Crippen LogP contribution in [0.2, 0.25) is 5.02 Å². The SMILES string of the molecule is CCO/N=C(\N)c1ccc(CNC(=O)[C@@H]2CCN2C(=O)[C@H](O)c2cc(Cl)cc(OC(F)F)c2)cc1. The molecule has 1 heterocycles. The van der Waals surface area contributed by atoms with Crippen LogP contribution in [0, 0.1) is 0 Å². The maximum absolute atomic E-state index is 12.8. The van der Waals surface area contributed by atoms with E-state index in [0.29, 0.717) is 18.6 Å². The van der Waals surface area contributed by atoms with E-state index in [9.17, 15) is 23.5 Å². The zero-order chi connectivity index (χ0) is 25.5. The Kier molecular flexibility index (Phi) is 8.83. The second-order valence-electron chi connectivity index (χ2n) is 7.65. The van der Waals surface area contributed by atoms with Crippen LogP contribution in [0.5, 0.6) is 5.75 Å². The molecular formula is C23H25ClF2N4O5. The lowest BCUT2D eigenvalue weighted by atomic mass is 9.98. The van der Waals surface area contributed by atoms with Gasteiger partial charge >= 0.3 is 6.61 Å². The van der Waals surface area contributed by atoms with E-state index < -0.39 is 24.7 Å². The molecule has 9 nitrogen and oxygen atoms in total. The second kappa shape index (κ2) is 11.8. The predicted octanol–water partition coefficient (Wildman–Crippen LogP) is 2.55. The molecule has 1 saturated heterocycles. The first kappa shape index (κ1) is 26.2. The van der Waals surface area contributed by atoms with Crippen LogP contribution in [0.4, 0.5) is 8.78 Å². The van der Waals surface area contributed by atoms with Crippen molar-refractivity contribution >= 4 is 29.3 Å². The summed E-state index contributed by atoms with van der Waals surface area (Å²) in [6.45, 7) is -0.420. The van der Waals surface area contributed by atoms with E-state index in [1.54, 1.807) is 31.2 Å². The molecule has 0 aliphatic carbocycles. The number of nitrogens with two attached hydrogens (primary N) is 1. The molecule has 12 heteroatoms. The van der Waals surface area contributed by atoms with Gasteiger partial charge in [0, 0.05) is 23.7 Å². The highest BCUT2D eigenvalue weighted by atomic mass is 35.5. The van der Waals surface area contributed by atoms with E-state index in [4.69, 9.17) is 22.2 Å². The number of aliphatic hydroxyl groups is 1. The van der Waals surface area contributed by atoms with Gasteiger partial charge in [0.1, 0.15) is 18.4 Å². The van der Waals surface area contributed by atoms with Crippen molar-refractivity contribution in [2.75, 3.05) is 13.2 Å². The molecule has 0 radical (unpaired) electrons. The summed E-state index contributed by atoms with van der Waals surface area (Å²) in [6.07, 6.45) is -1.27. The number of amides is 2. The first-order chi connectivity index (χ1) is 16.7. The van der Waals surface area contributed by atoms with Crippen molar-refractivity contribution in [3.63, 3.8) is 0 Å². The molecule has 0 saturated carbocycles. The standard InChI is InChI=1S/C23H25ClF2N4O5/c1-2-34-29-20(27)14-5-3-13(4-6-14)12-28-21(32)18-7-8-30(18)22(33)19(31)15-9-16(24)11-17(10-15)35-23(25)26/h3-6,9-11,18-19,23,31H,2,7-8,12H2,1H3,(H2,27,29)(H,28,32)/t18-,19+/m0/s1. The van der Waals surface area contributed by atoms with Gasteiger partial charge in [-0.05, 0) is 42.7 Å². The van der Waals surface area contributed by atoms with Crippen LogP contribution in [0.15, 0.2) is 47.6 Å². The summed E-state index contributed by atoms with van der Waals surface area (Å²) < 4.78 is 29.3. The fourth-order valence-corrected chi connectivity index (χ4v) is 3.66. The van der Waals surface area contributed by atoms with E-state index in [0.717, 1.165) is 17.7 Å². The molecule has 2 atom stereocenters. The van der Waals surface area contributed by atoms with Crippen LogP contribution in [0.3, 0.4) is 0 Å². The quantitative estimate of drug-likeness (QED) is 0.256. The number of alkyl halides is 2. The van der Waals surface area contributed by atoms with Crippen LogP contribution in [-0.4, -0.2) is 53.5 Å². The van der Waals surface area contributed by atoms with Gasteiger partial charge in [-0.15, -0.1) is 0 Å². The molecule has 1 aliphatic rings. The number of aliphatic hydroxyl groups excluding tert-OH is 1. The van der Waals surface area contributed by atoms with Gasteiger partial charge in [0.05, 0.1) is 0 Å². The molecule has 1 aliphatic heterocycles. The Morgan fingerprint density at radius 2 is 2.00 bits per heavy atom. The molecule has 0 spiro atoms. The lowest BCUT2D eigenvalue weighted by Crippen LogP contribution is -2.59. The van der Waals surface area contributed by atoms with Gasteiger partial charge < -0.3 is 30.6 Å². The normalized spacial score (nSPS) is 16.5. The third kappa shape index (κ3) is 6.80. The average molecular weight is 511 g/mol. The number of carbonyl (C=O) groups excluding carboxylic acids is 2. The topological polar surface area (TPSA) is 126 Å². The average Bonchev–Trinajstić information content (AvgIpc) is 2.79. The molecule has 188 valence electrons. The summed E-state index contributed by atoms with van der Waals surface area (Å²) in [5.74, 6) is -1.18. The van der Waals surface area contributed by atoms with E-state index in [1.807, 2.05) is 0 Å². The van der Waals surface area contributed by atoms with Crippen molar-refractivity contribution in [3.8, 4) is 5.75 Å². The van der Waals surface area contributed by atoms with Gasteiger partial charge in [0.2, 0.25) is 5.91 Å². The van der Waals surface area contributed by atoms with Crippen molar-refractivity contribution in [3.05, 3.63) is 64.2 Å². The number of halogens is 3. The number of benzene rings is 2. The van der Waals surface area contributed by atoms with Crippen LogP contribution in [0.25, 0.3) is 0 Å². The number of rotatable bonds is 10. The Morgan fingerprint density at radius 3 is 2.60 bits per heavy atom. The minimum Gasteiger partial charge on any atom is -0.435 e. The van der Waals surface area contributed by atoms with E-state index in [2.05, 4.69) is 15.2 Å². The molecule has 1 fully saturated rings. The highest BCUT2D eigenvalue weighted by Gasteiger charge is 2.40. The van der Waals surface area contributed by atoms with Gasteiger partial charge in [0.15, 0.2) is 11.9 Å². The van der Waals surface area contributed by atoms with Gasteiger partial charge in [-0.3, -0.25) is 9.59 Å². The first-order valence-electron chi connectivity index (χ1n) is 10.8. The van der Waals surface area contributed by atoms with Gasteiger partial charge in [-0.1, -0.05) is 41.0 Å². The third-order valence-electron chi connectivity index (χ3n) is 5.28. The third-order valence-corrected chi connectivity index (χ3v) is 5.50. The molecule has 3 rings (SSSR count). The van der Waals surface area contributed by atoms with Crippen LogP contribution < -0.4 is 15.8 Å². The Bertz CT molecular complexity index is 1080. The first-order valence-corrected chi connectivity index (χ1v) is 11.1. The zero-order valence-corrected chi connectivity index (χ0v) is 19.5. The summed E-state index contributed by atoms with van der Waals surface area (Å²) >= 11 is 5.89. The number of hydrogen-bond acceptors (Lipinski definition) is 6. The molecular weight excluding hydrogens is 486 g/mol. The minimum absolute atomic E-state index is 0.0137. The molecule has 4 N–H and O–H groups in total. The highest BCUT2D eigenvalue weighted by molar-refractivity contribution is 6.30. The van der Waals surface area contributed by atoms with Gasteiger partial charge in [-0.2, -0.15) is 8.78 Å². The molecule has 35 heavy (non-hydrogen) atoms. The van der Waals surface area contributed by atoms with Crippen molar-refractivity contribution < 1.29 is 33.1 Å². The molecule has 0 bridgehead atoms. The summed E-state index contributed by atoms with van der Waals surface area (Å²) in [5.41, 5.74) is 7.27. The Labute approximate surface area is 205 Å². The smallest absolute Gasteiger partial charge is 0.387 e. The summed E-state index contributed by atoms with van der Waals surface area (Å²) in [5, 5.41) is 17.0. The number of ether oxygens (including phenoxy) is 1. The molecule has 0 unspecified atom stereocenters. The summed E-state index contributed by atoms with van der Waals surface area (Å²) in [6, 6.07) is 9.78. The monoisotopic (exact) mass is 510 g/mol. The Hall–Kier alpha value is -3.44. The van der Waals surface area contributed by atoms with Crippen molar-refractivity contribution in [2.24, 2.45) is 10.9 Å². The lowest BCUT2D eigenvalue weighted by Gasteiger charge is -2.40. The van der Waals surface area contributed by atoms with Crippen molar-refractivity contribution in [1.82, 2.24) is 10.2 Å². The fourth-order valence-electron chi connectivity index (χ4n) is 3.42. The van der Waals surface area contributed by atoms with Crippen LogP contribution >= 0.6 is 11.6 Å². The van der Waals surface area contributed by atoms with Crippen LogP contribution in [0.1, 0.15) is 36.1 Å². The molecule has 2 aromatic carbocycles. The van der Waals surface area contributed by atoms with E-state index in [-0.39, 0.29) is 41.2 Å². The van der Waals surface area contributed by atoms with E-state index >= 15 is 0 Å². The number of likely N-dealkylation sites (tertiary alicyclic amines) is 1. The number of oxime groups is 1. The zero-order valence-electron chi connectivity index (χ0n) is 18.8. The molecule has 0 aromatic heterocycles. The summed E-state index contributed by atoms with van der Waals surface area (Å²) in [4.78, 5) is 31.5. The number of nitrogens with one attached hydrogen (secondary N) is 1. The Balaban J connectivity index is 1.58. The number of carbonyl (C=O) groups is 2. The fraction of sp³-hybridized carbons (Fsp3) is 0.348.